The first-order chi connectivity index (χ1) is 10.8. The van der Waals surface area contributed by atoms with Crippen LogP contribution in [-0.2, 0) is 16.1 Å². The summed E-state index contributed by atoms with van der Waals surface area (Å²) in [5, 5.41) is 11.9. The Morgan fingerprint density at radius 1 is 1.09 bits per heavy atom. The van der Waals surface area contributed by atoms with Crippen LogP contribution in [0.4, 0.5) is 0 Å². The first-order valence-electron chi connectivity index (χ1n) is 7.14. The Morgan fingerprint density at radius 2 is 1.73 bits per heavy atom. The minimum Gasteiger partial charge on any atom is -0.450 e. The molecule has 0 spiro atoms. The molecule has 0 aliphatic carbocycles. The molecular formula is C18H18N2O2. The van der Waals surface area contributed by atoms with Crippen molar-refractivity contribution in [2.24, 2.45) is 0 Å². The van der Waals surface area contributed by atoms with Gasteiger partial charge in [-0.25, -0.2) is 0 Å². The first-order valence-corrected chi connectivity index (χ1v) is 7.14. The van der Waals surface area contributed by atoms with Crippen molar-refractivity contribution in [1.29, 1.82) is 5.26 Å². The number of nitriles is 1. The fourth-order valence-electron chi connectivity index (χ4n) is 2.17. The number of benzene rings is 2. The maximum absolute atomic E-state index is 11.8. The normalized spacial score (nSPS) is 11.4. The van der Waals surface area contributed by atoms with E-state index in [1.165, 1.54) is 0 Å². The summed E-state index contributed by atoms with van der Waals surface area (Å²) in [7, 11) is 0. The molecule has 0 saturated carbocycles. The Labute approximate surface area is 130 Å². The maximum Gasteiger partial charge on any atom is 0.308 e. The third-order valence-corrected chi connectivity index (χ3v) is 3.27. The SMILES string of the molecule is N#CCOC(=O)CC(NCc1ccccc1)c1ccccc1. The fourth-order valence-corrected chi connectivity index (χ4v) is 2.17. The molecule has 0 aromatic heterocycles. The van der Waals surface area contributed by atoms with Crippen molar-refractivity contribution >= 4 is 5.97 Å². The molecule has 0 radical (unpaired) electrons. The smallest absolute Gasteiger partial charge is 0.308 e. The topological polar surface area (TPSA) is 62.1 Å². The molecule has 1 N–H and O–H groups in total. The lowest BCUT2D eigenvalue weighted by molar-refractivity contribution is -0.142. The van der Waals surface area contributed by atoms with Crippen LogP contribution in [-0.4, -0.2) is 12.6 Å². The van der Waals surface area contributed by atoms with Gasteiger partial charge in [-0.3, -0.25) is 4.79 Å². The van der Waals surface area contributed by atoms with Crippen LogP contribution in [0, 0.1) is 11.3 Å². The summed E-state index contributed by atoms with van der Waals surface area (Å²) in [5.41, 5.74) is 2.17. The zero-order chi connectivity index (χ0) is 15.6. The highest BCUT2D eigenvalue weighted by Crippen LogP contribution is 2.18. The largest absolute Gasteiger partial charge is 0.450 e. The van der Waals surface area contributed by atoms with Crippen LogP contribution in [0.25, 0.3) is 0 Å². The summed E-state index contributed by atoms with van der Waals surface area (Å²) < 4.78 is 4.86. The molecule has 1 unspecified atom stereocenters. The molecule has 0 amide bonds. The Kier molecular flexibility index (Phi) is 6.16. The second-order valence-electron chi connectivity index (χ2n) is 4.85. The third kappa shape index (κ3) is 5.04. The van der Waals surface area contributed by atoms with E-state index in [2.05, 4.69) is 5.32 Å². The van der Waals surface area contributed by atoms with E-state index in [9.17, 15) is 4.79 Å². The van der Waals surface area contributed by atoms with Crippen LogP contribution < -0.4 is 5.32 Å². The van der Waals surface area contributed by atoms with Crippen LogP contribution in [0.3, 0.4) is 0 Å². The molecule has 22 heavy (non-hydrogen) atoms. The number of nitrogens with zero attached hydrogens (tertiary/aromatic N) is 1. The summed E-state index contributed by atoms with van der Waals surface area (Å²) in [6.07, 6.45) is 0.193. The first kappa shape index (κ1) is 15.7. The van der Waals surface area contributed by atoms with Gasteiger partial charge in [-0.1, -0.05) is 60.7 Å². The number of hydrogen-bond donors (Lipinski definition) is 1. The van der Waals surface area contributed by atoms with E-state index in [1.807, 2.05) is 60.7 Å². The molecule has 2 rings (SSSR count). The minimum absolute atomic E-state index is 0.146. The van der Waals surface area contributed by atoms with Gasteiger partial charge in [0, 0.05) is 12.6 Å². The van der Waals surface area contributed by atoms with E-state index in [0.29, 0.717) is 6.54 Å². The van der Waals surface area contributed by atoms with E-state index < -0.39 is 0 Å². The van der Waals surface area contributed by atoms with E-state index >= 15 is 0 Å². The van der Waals surface area contributed by atoms with Gasteiger partial charge < -0.3 is 10.1 Å². The lowest BCUT2D eigenvalue weighted by Crippen LogP contribution is -2.24. The van der Waals surface area contributed by atoms with Gasteiger partial charge in [-0.15, -0.1) is 0 Å². The number of rotatable bonds is 7. The highest BCUT2D eigenvalue weighted by atomic mass is 16.5. The molecule has 0 fully saturated rings. The molecule has 0 heterocycles. The molecule has 1 atom stereocenters. The zero-order valence-electron chi connectivity index (χ0n) is 12.2. The summed E-state index contributed by atoms with van der Waals surface area (Å²) in [5.74, 6) is -0.379. The summed E-state index contributed by atoms with van der Waals surface area (Å²) in [6.45, 7) is 0.449. The third-order valence-electron chi connectivity index (χ3n) is 3.27. The number of hydrogen-bond acceptors (Lipinski definition) is 4. The average Bonchev–Trinajstić information content (AvgIpc) is 2.58. The van der Waals surface area contributed by atoms with Crippen molar-refractivity contribution in [1.82, 2.24) is 5.32 Å². The van der Waals surface area contributed by atoms with E-state index in [0.717, 1.165) is 11.1 Å². The molecule has 4 nitrogen and oxygen atoms in total. The summed E-state index contributed by atoms with van der Waals surface area (Å²) >= 11 is 0. The van der Waals surface area contributed by atoms with Crippen LogP contribution in [0.1, 0.15) is 23.6 Å². The van der Waals surface area contributed by atoms with Crippen molar-refractivity contribution in [3.05, 3.63) is 71.8 Å². The summed E-state index contributed by atoms with van der Waals surface area (Å²) in [4.78, 5) is 11.8. The average molecular weight is 294 g/mol. The molecule has 0 aliphatic rings. The number of carbonyl (C=O) groups is 1. The quantitative estimate of drug-likeness (QED) is 0.797. The number of esters is 1. The molecule has 0 aliphatic heterocycles. The molecule has 2 aromatic carbocycles. The van der Waals surface area contributed by atoms with Crippen LogP contribution >= 0.6 is 0 Å². The molecular weight excluding hydrogens is 276 g/mol. The van der Waals surface area contributed by atoms with E-state index in [4.69, 9.17) is 10.00 Å². The van der Waals surface area contributed by atoms with Crippen LogP contribution in [0.5, 0.6) is 0 Å². The number of ether oxygens (including phenoxy) is 1. The van der Waals surface area contributed by atoms with Crippen LogP contribution in [0.15, 0.2) is 60.7 Å². The molecule has 2 aromatic rings. The van der Waals surface area contributed by atoms with Gasteiger partial charge in [-0.2, -0.15) is 5.26 Å². The lowest BCUT2D eigenvalue weighted by Gasteiger charge is -2.18. The number of carbonyl (C=O) groups excluding carboxylic acids is 1. The summed E-state index contributed by atoms with van der Waals surface area (Å²) in [6, 6.07) is 21.4. The molecule has 0 saturated heterocycles. The fraction of sp³-hybridized carbons (Fsp3) is 0.222. The predicted octanol–water partition coefficient (Wildman–Crippen LogP) is 2.97. The van der Waals surface area contributed by atoms with Crippen molar-refractivity contribution in [2.45, 2.75) is 19.0 Å². The molecule has 0 bridgehead atoms. The van der Waals surface area contributed by atoms with Gasteiger partial charge in [0.25, 0.3) is 0 Å². The minimum atomic E-state index is -0.379. The zero-order valence-corrected chi connectivity index (χ0v) is 12.2. The van der Waals surface area contributed by atoms with Crippen molar-refractivity contribution in [2.75, 3.05) is 6.61 Å². The second kappa shape index (κ2) is 8.60. The second-order valence-corrected chi connectivity index (χ2v) is 4.85. The Morgan fingerprint density at radius 3 is 2.36 bits per heavy atom. The van der Waals surface area contributed by atoms with Crippen molar-refractivity contribution in [3.63, 3.8) is 0 Å². The lowest BCUT2D eigenvalue weighted by atomic mass is 10.0. The predicted molar refractivity (Wildman–Crippen MR) is 83.7 cm³/mol. The highest BCUT2D eigenvalue weighted by molar-refractivity contribution is 5.70. The Bertz CT molecular complexity index is 621. The monoisotopic (exact) mass is 294 g/mol. The molecule has 4 heteroatoms. The van der Waals surface area contributed by atoms with Gasteiger partial charge in [0.15, 0.2) is 6.61 Å². The Balaban J connectivity index is 2.02. The van der Waals surface area contributed by atoms with Gasteiger partial charge in [0.2, 0.25) is 0 Å². The van der Waals surface area contributed by atoms with Gasteiger partial charge in [0.05, 0.1) is 6.42 Å². The van der Waals surface area contributed by atoms with Crippen LogP contribution in [0.2, 0.25) is 0 Å². The van der Waals surface area contributed by atoms with E-state index in [1.54, 1.807) is 6.07 Å². The highest BCUT2D eigenvalue weighted by Gasteiger charge is 2.16. The van der Waals surface area contributed by atoms with Crippen molar-refractivity contribution < 1.29 is 9.53 Å². The van der Waals surface area contributed by atoms with Gasteiger partial charge in [0.1, 0.15) is 6.07 Å². The van der Waals surface area contributed by atoms with Crippen molar-refractivity contribution in [3.8, 4) is 6.07 Å². The van der Waals surface area contributed by atoms with Gasteiger partial charge >= 0.3 is 5.97 Å². The standard InChI is InChI=1S/C18H18N2O2/c19-11-12-22-18(21)13-17(16-9-5-2-6-10-16)20-14-15-7-3-1-4-8-15/h1-10,17,20H,12-14H2. The van der Waals surface area contributed by atoms with Gasteiger partial charge in [-0.05, 0) is 11.1 Å². The Hall–Kier alpha value is -2.64. The maximum atomic E-state index is 11.8. The van der Waals surface area contributed by atoms with E-state index in [-0.39, 0.29) is 25.0 Å². The molecule has 112 valence electrons. The number of nitrogens with one attached hydrogen (secondary N) is 1.